The maximum atomic E-state index is 11.1. The van der Waals surface area contributed by atoms with Crippen LogP contribution in [0.25, 0.3) is 10.9 Å². The molecule has 28 heavy (non-hydrogen) atoms. The van der Waals surface area contributed by atoms with Crippen LogP contribution in [0.15, 0.2) is 24.4 Å². The zero-order valence-corrected chi connectivity index (χ0v) is 16.4. The van der Waals surface area contributed by atoms with Crippen LogP contribution < -0.4 is 10.1 Å². The molecule has 3 unspecified atom stereocenters. The smallest absolute Gasteiger partial charge is 0.404 e. The number of fused-ring (bicyclic) bond motifs is 3. The van der Waals surface area contributed by atoms with Crippen LogP contribution in [-0.2, 0) is 0 Å². The van der Waals surface area contributed by atoms with Crippen molar-refractivity contribution in [1.82, 2.24) is 15.2 Å². The molecule has 3 heterocycles. The molecular weight excluding hydrogens is 382 g/mol. The molecule has 1 aromatic carbocycles. The summed E-state index contributed by atoms with van der Waals surface area (Å²) in [4.78, 5) is 17.6. The van der Waals surface area contributed by atoms with E-state index in [1.54, 1.807) is 13.3 Å². The summed E-state index contributed by atoms with van der Waals surface area (Å²) in [6.07, 6.45) is 3.43. The fraction of sp³-hybridized carbons (Fsp3) is 0.500. The number of halogens is 1. The maximum absolute atomic E-state index is 11.1. The molecule has 0 radical (unpaired) electrons. The lowest BCUT2D eigenvalue weighted by Crippen LogP contribution is -2.51. The molecule has 7 nitrogen and oxygen atoms in total. The highest BCUT2D eigenvalue weighted by atomic mass is 35.5. The van der Waals surface area contributed by atoms with Gasteiger partial charge in [0.1, 0.15) is 5.75 Å². The largest absolute Gasteiger partial charge is 0.497 e. The number of hydrogen-bond acceptors (Lipinski definition) is 5. The topological polar surface area (TPSA) is 94.9 Å². The number of hydrogen-bond donors (Lipinski definition) is 3. The Morgan fingerprint density at radius 1 is 1.39 bits per heavy atom. The van der Waals surface area contributed by atoms with Gasteiger partial charge in [0.15, 0.2) is 0 Å². The Labute approximate surface area is 168 Å². The summed E-state index contributed by atoms with van der Waals surface area (Å²) in [5.74, 6) is 0.686. The van der Waals surface area contributed by atoms with Crippen molar-refractivity contribution < 1.29 is 19.7 Å². The molecule has 150 valence electrons. The van der Waals surface area contributed by atoms with Gasteiger partial charge in [0.2, 0.25) is 0 Å². The third-order valence-electron chi connectivity index (χ3n) is 6.00. The second-order valence-corrected chi connectivity index (χ2v) is 8.03. The number of aliphatic hydroxyl groups is 1. The van der Waals surface area contributed by atoms with Crippen molar-refractivity contribution in [2.24, 2.45) is 0 Å². The Balaban J connectivity index is 1.57. The average Bonchev–Trinajstić information content (AvgIpc) is 2.89. The predicted molar refractivity (Wildman–Crippen MR) is 106 cm³/mol. The molecule has 1 amide bonds. The van der Waals surface area contributed by atoms with Crippen LogP contribution in [0.5, 0.6) is 5.75 Å². The molecule has 2 saturated heterocycles. The van der Waals surface area contributed by atoms with E-state index in [2.05, 4.69) is 15.2 Å². The van der Waals surface area contributed by atoms with E-state index >= 15 is 0 Å². The van der Waals surface area contributed by atoms with Gasteiger partial charge in [0.05, 0.1) is 23.8 Å². The lowest BCUT2D eigenvalue weighted by Gasteiger charge is -2.40. The normalized spacial score (nSPS) is 25.6. The molecular formula is C20H24ClN3O4. The molecule has 0 spiro atoms. The minimum Gasteiger partial charge on any atom is -0.497 e. The van der Waals surface area contributed by atoms with E-state index in [1.165, 1.54) is 0 Å². The SMILES string of the molecule is COc1ccc2ncc(Cl)c(C(O)CN3C4CCC3CC(NC(=O)O)C4)c2c1. The van der Waals surface area contributed by atoms with Crippen molar-refractivity contribution in [3.05, 3.63) is 35.0 Å². The number of rotatable bonds is 5. The monoisotopic (exact) mass is 405 g/mol. The van der Waals surface area contributed by atoms with Gasteiger partial charge in [0.25, 0.3) is 0 Å². The Bertz CT molecular complexity index is 879. The summed E-state index contributed by atoms with van der Waals surface area (Å²) in [5, 5.41) is 23.9. The van der Waals surface area contributed by atoms with Gasteiger partial charge in [0, 0.05) is 41.8 Å². The van der Waals surface area contributed by atoms with E-state index in [9.17, 15) is 9.90 Å². The van der Waals surface area contributed by atoms with Crippen LogP contribution in [0.2, 0.25) is 5.02 Å². The molecule has 3 atom stereocenters. The van der Waals surface area contributed by atoms with E-state index in [0.717, 1.165) is 36.6 Å². The van der Waals surface area contributed by atoms with E-state index in [0.29, 0.717) is 22.9 Å². The molecule has 2 fully saturated rings. The summed E-state index contributed by atoms with van der Waals surface area (Å²) in [5.41, 5.74) is 1.42. The summed E-state index contributed by atoms with van der Waals surface area (Å²) < 4.78 is 5.32. The summed E-state index contributed by atoms with van der Waals surface area (Å²) >= 11 is 6.42. The Morgan fingerprint density at radius 2 is 2.11 bits per heavy atom. The van der Waals surface area contributed by atoms with E-state index in [1.807, 2.05) is 18.2 Å². The Hall–Kier alpha value is -2.09. The van der Waals surface area contributed by atoms with Crippen LogP contribution >= 0.6 is 11.6 Å². The minimum atomic E-state index is -0.970. The van der Waals surface area contributed by atoms with Gasteiger partial charge in [-0.15, -0.1) is 0 Å². The number of aliphatic hydroxyl groups excluding tert-OH is 1. The molecule has 0 saturated carbocycles. The fourth-order valence-electron chi connectivity index (χ4n) is 4.79. The van der Waals surface area contributed by atoms with Crippen molar-refractivity contribution in [2.75, 3.05) is 13.7 Å². The van der Waals surface area contributed by atoms with E-state index in [4.69, 9.17) is 21.4 Å². The molecule has 2 aliphatic heterocycles. The molecule has 2 aromatic rings. The summed E-state index contributed by atoms with van der Waals surface area (Å²) in [7, 11) is 1.60. The number of carboxylic acid groups (broad SMARTS) is 1. The summed E-state index contributed by atoms with van der Waals surface area (Å²) in [6, 6.07) is 6.06. The number of methoxy groups -OCH3 is 1. The first-order valence-corrected chi connectivity index (χ1v) is 9.89. The summed E-state index contributed by atoms with van der Waals surface area (Å²) in [6.45, 7) is 0.463. The fourth-order valence-corrected chi connectivity index (χ4v) is 5.07. The van der Waals surface area contributed by atoms with Crippen molar-refractivity contribution in [3.8, 4) is 5.75 Å². The zero-order valence-electron chi connectivity index (χ0n) is 15.6. The van der Waals surface area contributed by atoms with Crippen molar-refractivity contribution >= 4 is 28.6 Å². The average molecular weight is 406 g/mol. The molecule has 3 N–H and O–H groups in total. The number of aromatic nitrogens is 1. The van der Waals surface area contributed by atoms with Gasteiger partial charge in [-0.2, -0.15) is 0 Å². The second-order valence-electron chi connectivity index (χ2n) is 7.62. The van der Waals surface area contributed by atoms with Gasteiger partial charge in [-0.3, -0.25) is 9.88 Å². The van der Waals surface area contributed by atoms with Crippen molar-refractivity contribution in [1.29, 1.82) is 0 Å². The Kier molecular flexibility index (Phi) is 5.31. The van der Waals surface area contributed by atoms with Crippen LogP contribution in [0.4, 0.5) is 4.79 Å². The van der Waals surface area contributed by atoms with E-state index < -0.39 is 12.2 Å². The molecule has 1 aromatic heterocycles. The number of nitrogens with one attached hydrogen (secondary N) is 1. The molecule has 2 bridgehead atoms. The van der Waals surface area contributed by atoms with Crippen molar-refractivity contribution in [2.45, 2.75) is 49.9 Å². The zero-order chi connectivity index (χ0) is 19.8. The van der Waals surface area contributed by atoms with Crippen molar-refractivity contribution in [3.63, 3.8) is 0 Å². The van der Waals surface area contributed by atoms with Gasteiger partial charge < -0.3 is 20.3 Å². The highest BCUT2D eigenvalue weighted by Crippen LogP contribution is 2.39. The maximum Gasteiger partial charge on any atom is 0.404 e. The highest BCUT2D eigenvalue weighted by molar-refractivity contribution is 6.32. The second kappa shape index (κ2) is 7.73. The van der Waals surface area contributed by atoms with Gasteiger partial charge in [-0.25, -0.2) is 4.79 Å². The third-order valence-corrected chi connectivity index (χ3v) is 6.30. The van der Waals surface area contributed by atoms with Crippen LogP contribution in [0.3, 0.4) is 0 Å². The number of piperidine rings is 1. The molecule has 8 heteroatoms. The standard InChI is InChI=1S/C20H24ClN3O4/c1-28-14-4-5-17-15(8-14)19(16(21)9-22-17)18(25)10-24-12-2-3-13(24)7-11(6-12)23-20(26)27/h4-5,8-9,11-13,18,23,25H,2-3,6-7,10H2,1H3,(H,26,27). The number of nitrogens with zero attached hydrogens (tertiary/aromatic N) is 2. The Morgan fingerprint density at radius 3 is 2.75 bits per heavy atom. The van der Waals surface area contributed by atoms with Crippen LogP contribution in [0, 0.1) is 0 Å². The number of ether oxygens (including phenoxy) is 1. The first-order valence-electron chi connectivity index (χ1n) is 9.51. The van der Waals surface area contributed by atoms with Gasteiger partial charge in [-0.05, 0) is 43.9 Å². The first kappa shape index (κ1) is 19.2. The number of amides is 1. The molecule has 2 aliphatic rings. The number of pyridine rings is 1. The van der Waals surface area contributed by atoms with Crippen LogP contribution in [0.1, 0.15) is 37.4 Å². The predicted octanol–water partition coefficient (Wildman–Crippen LogP) is 3.19. The van der Waals surface area contributed by atoms with Gasteiger partial charge >= 0.3 is 6.09 Å². The minimum absolute atomic E-state index is 0.0157. The lowest BCUT2D eigenvalue weighted by atomic mass is 9.95. The first-order chi connectivity index (χ1) is 13.5. The number of benzene rings is 1. The van der Waals surface area contributed by atoms with Gasteiger partial charge in [-0.1, -0.05) is 11.6 Å². The quantitative estimate of drug-likeness (QED) is 0.707. The van der Waals surface area contributed by atoms with E-state index in [-0.39, 0.29) is 18.1 Å². The molecule has 0 aliphatic carbocycles. The third kappa shape index (κ3) is 3.62. The van der Waals surface area contributed by atoms with Crippen LogP contribution in [-0.4, -0.2) is 58.0 Å². The number of carbonyl (C=O) groups is 1. The highest BCUT2D eigenvalue weighted by Gasteiger charge is 2.42. The lowest BCUT2D eigenvalue weighted by molar-refractivity contribution is 0.0524. The molecule has 4 rings (SSSR count).